The van der Waals surface area contributed by atoms with Crippen molar-refractivity contribution in [3.63, 3.8) is 0 Å². The smallest absolute Gasteiger partial charge is 0.0743 e. The van der Waals surface area contributed by atoms with E-state index in [4.69, 9.17) is 0 Å². The fourth-order valence-electron chi connectivity index (χ4n) is 3.35. The fraction of sp³-hybridized carbons (Fsp3) is 0.450. The molecule has 0 spiro atoms. The van der Waals surface area contributed by atoms with Crippen LogP contribution >= 0.6 is 11.9 Å². The first-order chi connectivity index (χ1) is 12.2. The molecule has 0 saturated heterocycles. The van der Waals surface area contributed by atoms with Crippen LogP contribution in [0.25, 0.3) is 11.3 Å². The lowest BCUT2D eigenvalue weighted by Crippen LogP contribution is -2.22. The van der Waals surface area contributed by atoms with Crippen LogP contribution in [0.3, 0.4) is 0 Å². The average molecular weight is 357 g/mol. The Hall–Kier alpha value is -1.72. The van der Waals surface area contributed by atoms with E-state index in [1.165, 1.54) is 53.9 Å². The summed E-state index contributed by atoms with van der Waals surface area (Å²) < 4.78 is 3.16. The monoisotopic (exact) mass is 356 g/mol. The number of nitrogens with one attached hydrogen (secondary N) is 2. The number of pyridine rings is 1. The third kappa shape index (κ3) is 4.67. The Labute approximate surface area is 155 Å². The zero-order valence-corrected chi connectivity index (χ0v) is 16.2. The van der Waals surface area contributed by atoms with Crippen LogP contribution in [0.5, 0.6) is 0 Å². The molecular formula is C20H28N4S. The van der Waals surface area contributed by atoms with Gasteiger partial charge in [0.05, 0.1) is 5.69 Å². The fourth-order valence-corrected chi connectivity index (χ4v) is 3.90. The summed E-state index contributed by atoms with van der Waals surface area (Å²) in [5.41, 5.74) is 4.55. The van der Waals surface area contributed by atoms with Gasteiger partial charge >= 0.3 is 0 Å². The molecule has 1 heterocycles. The summed E-state index contributed by atoms with van der Waals surface area (Å²) in [5, 5.41) is 3.78. The van der Waals surface area contributed by atoms with Gasteiger partial charge in [0.25, 0.3) is 0 Å². The van der Waals surface area contributed by atoms with Gasteiger partial charge in [0.1, 0.15) is 0 Å². The van der Waals surface area contributed by atoms with Crippen molar-refractivity contribution in [3.05, 3.63) is 36.5 Å². The number of anilines is 2. The number of hydrogen-bond acceptors (Lipinski definition) is 5. The first-order valence-electron chi connectivity index (χ1n) is 9.05. The molecule has 0 radical (unpaired) electrons. The molecule has 1 aliphatic rings. The minimum Gasteiger partial charge on any atom is -0.382 e. The van der Waals surface area contributed by atoms with Crippen molar-refractivity contribution in [1.82, 2.24) is 9.71 Å². The van der Waals surface area contributed by atoms with E-state index >= 15 is 0 Å². The largest absolute Gasteiger partial charge is 0.382 e. The molecule has 5 heteroatoms. The van der Waals surface area contributed by atoms with Gasteiger partial charge in [0.2, 0.25) is 0 Å². The molecule has 1 aromatic heterocycles. The van der Waals surface area contributed by atoms with E-state index in [0.29, 0.717) is 6.04 Å². The zero-order chi connectivity index (χ0) is 17.6. The molecule has 2 aromatic rings. The standard InChI is InChI=1S/C20H28N4S/c1-21-25-17-9-10-19(23-15-7-5-4-6-8-15)18(14-17)20-13-16(24(2)3)11-12-22-20/h9-15,21,23H,4-8H2,1-3H3. The molecule has 1 aromatic carbocycles. The van der Waals surface area contributed by atoms with Gasteiger partial charge in [-0.3, -0.25) is 9.71 Å². The van der Waals surface area contributed by atoms with Crippen LogP contribution in [-0.2, 0) is 0 Å². The van der Waals surface area contributed by atoms with Crippen LogP contribution in [0.2, 0.25) is 0 Å². The molecule has 4 nitrogen and oxygen atoms in total. The molecule has 0 atom stereocenters. The van der Waals surface area contributed by atoms with E-state index < -0.39 is 0 Å². The normalized spacial score (nSPS) is 15.2. The van der Waals surface area contributed by atoms with E-state index in [1.54, 1.807) is 11.9 Å². The summed E-state index contributed by atoms with van der Waals surface area (Å²) in [5.74, 6) is 0. The van der Waals surface area contributed by atoms with Gasteiger partial charge in [-0.1, -0.05) is 19.3 Å². The molecule has 134 valence electrons. The minimum atomic E-state index is 0.576. The average Bonchev–Trinajstić information content (AvgIpc) is 2.64. The first-order valence-corrected chi connectivity index (χ1v) is 9.87. The summed E-state index contributed by atoms with van der Waals surface area (Å²) in [4.78, 5) is 7.97. The van der Waals surface area contributed by atoms with Gasteiger partial charge in [-0.2, -0.15) is 0 Å². The maximum absolute atomic E-state index is 4.65. The minimum absolute atomic E-state index is 0.576. The number of nitrogens with zero attached hydrogens (tertiary/aromatic N) is 2. The summed E-state index contributed by atoms with van der Waals surface area (Å²) in [6, 6.07) is 11.4. The van der Waals surface area contributed by atoms with Crippen LogP contribution in [0.4, 0.5) is 11.4 Å². The third-order valence-corrected chi connectivity index (χ3v) is 5.41. The van der Waals surface area contributed by atoms with Gasteiger partial charge in [-0.25, -0.2) is 0 Å². The lowest BCUT2D eigenvalue weighted by molar-refractivity contribution is 0.463. The Bertz CT molecular complexity index is 696. The molecule has 25 heavy (non-hydrogen) atoms. The Morgan fingerprint density at radius 3 is 2.60 bits per heavy atom. The van der Waals surface area contributed by atoms with Crippen LogP contribution in [0.1, 0.15) is 32.1 Å². The quantitative estimate of drug-likeness (QED) is 0.729. The maximum atomic E-state index is 4.65. The highest BCUT2D eigenvalue weighted by Crippen LogP contribution is 2.34. The summed E-state index contributed by atoms with van der Waals surface area (Å²) in [6.07, 6.45) is 8.45. The first kappa shape index (κ1) is 18.1. The van der Waals surface area contributed by atoms with Gasteiger partial charge in [-0.05, 0) is 62.2 Å². The molecule has 0 bridgehead atoms. The zero-order valence-electron chi connectivity index (χ0n) is 15.4. The highest BCUT2D eigenvalue weighted by molar-refractivity contribution is 7.97. The van der Waals surface area contributed by atoms with Gasteiger partial charge < -0.3 is 10.2 Å². The summed E-state index contributed by atoms with van der Waals surface area (Å²) >= 11 is 1.63. The van der Waals surface area contributed by atoms with E-state index in [0.717, 1.165) is 5.69 Å². The second kappa shape index (κ2) is 8.59. The van der Waals surface area contributed by atoms with E-state index in [1.807, 2.05) is 19.3 Å². The Morgan fingerprint density at radius 1 is 1.08 bits per heavy atom. The van der Waals surface area contributed by atoms with Crippen molar-refractivity contribution < 1.29 is 0 Å². The molecule has 0 amide bonds. The molecule has 2 N–H and O–H groups in total. The van der Waals surface area contributed by atoms with Crippen molar-refractivity contribution >= 4 is 23.3 Å². The van der Waals surface area contributed by atoms with Crippen molar-refractivity contribution in [1.29, 1.82) is 0 Å². The number of aromatic nitrogens is 1. The lowest BCUT2D eigenvalue weighted by Gasteiger charge is -2.25. The highest BCUT2D eigenvalue weighted by atomic mass is 32.2. The molecule has 1 fully saturated rings. The molecule has 1 saturated carbocycles. The Morgan fingerprint density at radius 2 is 1.88 bits per heavy atom. The molecule has 1 aliphatic carbocycles. The van der Waals surface area contributed by atoms with E-state index in [9.17, 15) is 0 Å². The topological polar surface area (TPSA) is 40.2 Å². The van der Waals surface area contributed by atoms with Crippen LogP contribution in [0, 0.1) is 0 Å². The molecule has 0 aliphatic heterocycles. The maximum Gasteiger partial charge on any atom is 0.0743 e. The Balaban J connectivity index is 1.95. The van der Waals surface area contributed by atoms with Gasteiger partial charge in [0, 0.05) is 48.2 Å². The third-order valence-electron chi connectivity index (χ3n) is 4.71. The number of rotatable bonds is 6. The predicted molar refractivity (Wildman–Crippen MR) is 109 cm³/mol. The van der Waals surface area contributed by atoms with Gasteiger partial charge in [-0.15, -0.1) is 0 Å². The molecule has 3 rings (SSSR count). The second-order valence-corrected chi connectivity index (χ2v) is 7.87. The SMILES string of the molecule is CNSc1ccc(NC2CCCCC2)c(-c2cc(N(C)C)ccn2)c1. The number of hydrogen-bond donors (Lipinski definition) is 2. The molecular weight excluding hydrogens is 328 g/mol. The van der Waals surface area contributed by atoms with Crippen molar-refractivity contribution in [2.24, 2.45) is 0 Å². The van der Waals surface area contributed by atoms with Crippen LogP contribution in [0.15, 0.2) is 41.4 Å². The summed E-state index contributed by atoms with van der Waals surface area (Å²) in [7, 11) is 6.07. The van der Waals surface area contributed by atoms with Crippen molar-refractivity contribution in [2.45, 2.75) is 43.0 Å². The second-order valence-electron chi connectivity index (χ2n) is 6.79. The van der Waals surface area contributed by atoms with Crippen molar-refractivity contribution in [3.8, 4) is 11.3 Å². The Kier molecular flexibility index (Phi) is 6.21. The number of benzene rings is 1. The predicted octanol–water partition coefficient (Wildman–Crippen LogP) is 4.79. The van der Waals surface area contributed by atoms with Crippen molar-refractivity contribution in [2.75, 3.05) is 31.4 Å². The molecule has 0 unspecified atom stereocenters. The van der Waals surface area contributed by atoms with E-state index in [2.05, 4.69) is 58.3 Å². The van der Waals surface area contributed by atoms with E-state index in [-0.39, 0.29) is 0 Å². The summed E-state index contributed by atoms with van der Waals surface area (Å²) in [6.45, 7) is 0. The van der Waals surface area contributed by atoms with Crippen LogP contribution < -0.4 is 14.9 Å². The van der Waals surface area contributed by atoms with Gasteiger partial charge in [0.15, 0.2) is 0 Å². The highest BCUT2D eigenvalue weighted by Gasteiger charge is 2.16. The lowest BCUT2D eigenvalue weighted by atomic mass is 9.95. The van der Waals surface area contributed by atoms with Crippen LogP contribution in [-0.4, -0.2) is 32.2 Å².